The van der Waals surface area contributed by atoms with E-state index in [4.69, 9.17) is 23.7 Å². The molecule has 0 saturated carbocycles. The highest BCUT2D eigenvalue weighted by Gasteiger charge is 2.49. The van der Waals surface area contributed by atoms with Gasteiger partial charge < -0.3 is 29.0 Å². The molecule has 250 valence electrons. The summed E-state index contributed by atoms with van der Waals surface area (Å²) >= 11 is 1.87. The van der Waals surface area contributed by atoms with Crippen molar-refractivity contribution in [2.45, 2.75) is 116 Å². The second-order valence-corrected chi connectivity index (χ2v) is 13.4. The van der Waals surface area contributed by atoms with E-state index in [2.05, 4.69) is 81.5 Å². The predicted molar refractivity (Wildman–Crippen MR) is 188 cm³/mol. The molecular formula is C38H57NO5S. The van der Waals surface area contributed by atoms with Gasteiger partial charge in [-0.3, -0.25) is 0 Å². The van der Waals surface area contributed by atoms with Crippen LogP contribution in [0, 0.1) is 0 Å². The van der Waals surface area contributed by atoms with Crippen LogP contribution >= 0.6 is 11.3 Å². The number of unbranched alkanes of at least 4 members (excludes halogenated alkanes) is 4. The van der Waals surface area contributed by atoms with Crippen molar-refractivity contribution in [3.8, 4) is 0 Å². The summed E-state index contributed by atoms with van der Waals surface area (Å²) in [5, 5.41) is 4.75. The lowest BCUT2D eigenvalue weighted by Gasteiger charge is -2.47. The van der Waals surface area contributed by atoms with Crippen LogP contribution in [0.25, 0.3) is 10.1 Å². The minimum Gasteiger partial charge on any atom is -0.388 e. The van der Waals surface area contributed by atoms with Crippen molar-refractivity contribution in [3.05, 3.63) is 64.5 Å². The number of fused-ring (bicyclic) bond motifs is 1. The maximum absolute atomic E-state index is 7.08. The molecule has 45 heavy (non-hydrogen) atoms. The van der Waals surface area contributed by atoms with E-state index in [0.29, 0.717) is 33.0 Å². The van der Waals surface area contributed by atoms with Gasteiger partial charge in [0.05, 0.1) is 6.61 Å². The maximum atomic E-state index is 7.08. The predicted octanol–water partition coefficient (Wildman–Crippen LogP) is 9.35. The maximum Gasteiger partial charge on any atom is 0.117 e. The molecule has 1 fully saturated rings. The normalized spacial score (nSPS) is 21.8. The third kappa shape index (κ3) is 10.2. The molecule has 2 heterocycles. The summed E-state index contributed by atoms with van der Waals surface area (Å²) in [6.45, 7) is 12.0. The van der Waals surface area contributed by atoms with Crippen molar-refractivity contribution in [1.82, 2.24) is 0 Å². The fourth-order valence-corrected chi connectivity index (χ4v) is 7.02. The molecule has 6 nitrogen and oxygen atoms in total. The fraction of sp³-hybridized carbons (Fsp3) is 0.632. The second-order valence-electron chi connectivity index (χ2n) is 12.2. The number of hydrogen-bond acceptors (Lipinski definition) is 7. The molecule has 1 saturated heterocycles. The Morgan fingerprint density at radius 3 is 2.04 bits per heavy atom. The fourth-order valence-electron chi connectivity index (χ4n) is 5.92. The van der Waals surface area contributed by atoms with Crippen LogP contribution in [0.3, 0.4) is 0 Å². The van der Waals surface area contributed by atoms with Gasteiger partial charge in [0.25, 0.3) is 0 Å². The van der Waals surface area contributed by atoms with E-state index < -0.39 is 0 Å². The summed E-state index contributed by atoms with van der Waals surface area (Å²) < 4.78 is 34.8. The quantitative estimate of drug-likeness (QED) is 0.117. The molecule has 0 amide bonds. The van der Waals surface area contributed by atoms with Crippen LogP contribution < -0.4 is 5.32 Å². The number of anilines is 1. The summed E-state index contributed by atoms with van der Waals surface area (Å²) in [6, 6.07) is 17.7. The lowest BCUT2D eigenvalue weighted by molar-refractivity contribution is -0.268. The molecule has 0 radical (unpaired) electrons. The molecule has 1 aromatic heterocycles. The number of ether oxygens (including phenoxy) is 5. The Morgan fingerprint density at radius 2 is 1.38 bits per heavy atom. The number of rotatable bonds is 21. The summed E-state index contributed by atoms with van der Waals surface area (Å²) in [5.74, 6) is 0. The number of benzene rings is 2. The van der Waals surface area contributed by atoms with Gasteiger partial charge in [-0.25, -0.2) is 0 Å². The van der Waals surface area contributed by atoms with Crippen LogP contribution in [0.2, 0.25) is 0 Å². The molecule has 4 rings (SSSR count). The van der Waals surface area contributed by atoms with Crippen LogP contribution in [0.5, 0.6) is 0 Å². The third-order valence-electron chi connectivity index (χ3n) is 8.53. The first-order valence-electron chi connectivity index (χ1n) is 17.5. The molecular weight excluding hydrogens is 582 g/mol. The first-order chi connectivity index (χ1) is 22.1. The van der Waals surface area contributed by atoms with Gasteiger partial charge in [-0.1, -0.05) is 83.7 Å². The Kier molecular flexibility index (Phi) is 15.6. The molecule has 0 unspecified atom stereocenters. The van der Waals surface area contributed by atoms with E-state index in [1.54, 1.807) is 0 Å². The standard InChI is InChI=1S/C38H57NO5S/c1-6-10-20-40-27-33-36(41-21-11-7-2)38(43-23-13-9-4)37(42-22-12-8-3)35(44-33)31-25-28(18-19-32(31)39-5)24-30-26-29-16-14-15-17-34(29)45-30/h14-19,25-26,33,35-39H,6-13,20-24,27H2,1-5H3/t33-,35+,36-,37+,38+/m1/s1. The van der Waals surface area contributed by atoms with Crippen molar-refractivity contribution in [2.75, 3.05) is 45.4 Å². The van der Waals surface area contributed by atoms with E-state index in [-0.39, 0.29) is 30.5 Å². The average molecular weight is 640 g/mol. The molecule has 0 spiro atoms. The van der Waals surface area contributed by atoms with Gasteiger partial charge in [0.15, 0.2) is 0 Å². The number of thiophene rings is 1. The average Bonchev–Trinajstić information content (AvgIpc) is 3.47. The van der Waals surface area contributed by atoms with Gasteiger partial charge in [-0.15, -0.1) is 11.3 Å². The number of hydrogen-bond donors (Lipinski definition) is 1. The zero-order valence-corrected chi connectivity index (χ0v) is 29.2. The zero-order valence-electron chi connectivity index (χ0n) is 28.4. The van der Waals surface area contributed by atoms with E-state index >= 15 is 0 Å². The summed E-state index contributed by atoms with van der Waals surface area (Å²) in [7, 11) is 1.98. The molecule has 7 heteroatoms. The first kappa shape index (κ1) is 35.8. The van der Waals surface area contributed by atoms with E-state index in [1.165, 1.54) is 20.5 Å². The molecule has 1 N–H and O–H groups in total. The van der Waals surface area contributed by atoms with E-state index in [9.17, 15) is 0 Å². The molecule has 5 atom stereocenters. The molecule has 3 aromatic rings. The molecule has 2 aromatic carbocycles. The molecule has 0 bridgehead atoms. The highest BCUT2D eigenvalue weighted by atomic mass is 32.1. The van der Waals surface area contributed by atoms with Gasteiger partial charge in [0.1, 0.15) is 30.5 Å². The molecule has 0 aliphatic carbocycles. The summed E-state index contributed by atoms with van der Waals surface area (Å²) in [5.41, 5.74) is 3.41. The highest BCUT2D eigenvalue weighted by Crippen LogP contribution is 2.41. The van der Waals surface area contributed by atoms with Gasteiger partial charge in [-0.05, 0) is 54.8 Å². The van der Waals surface area contributed by atoms with Crippen LogP contribution in [0.15, 0.2) is 48.5 Å². The smallest absolute Gasteiger partial charge is 0.117 e. The molecule has 1 aliphatic rings. The largest absolute Gasteiger partial charge is 0.388 e. The third-order valence-corrected chi connectivity index (χ3v) is 9.65. The van der Waals surface area contributed by atoms with Crippen LogP contribution in [-0.4, -0.2) is 64.5 Å². The van der Waals surface area contributed by atoms with Crippen molar-refractivity contribution >= 4 is 27.1 Å². The first-order valence-corrected chi connectivity index (χ1v) is 18.3. The minimum absolute atomic E-state index is 0.264. The van der Waals surface area contributed by atoms with Crippen molar-refractivity contribution in [1.29, 1.82) is 0 Å². The lowest BCUT2D eigenvalue weighted by Crippen LogP contribution is -2.58. The zero-order chi connectivity index (χ0) is 31.9. The Labute approximate surface area is 276 Å². The minimum atomic E-state index is -0.330. The van der Waals surface area contributed by atoms with Gasteiger partial charge in [-0.2, -0.15) is 0 Å². The lowest BCUT2D eigenvalue weighted by atomic mass is 9.88. The Bertz CT molecular complexity index is 1210. The van der Waals surface area contributed by atoms with Gasteiger partial charge in [0.2, 0.25) is 0 Å². The van der Waals surface area contributed by atoms with Crippen LogP contribution in [0.4, 0.5) is 5.69 Å². The Balaban J connectivity index is 1.71. The van der Waals surface area contributed by atoms with E-state index in [0.717, 1.165) is 69.0 Å². The van der Waals surface area contributed by atoms with Gasteiger partial charge >= 0.3 is 0 Å². The van der Waals surface area contributed by atoms with Crippen LogP contribution in [0.1, 0.15) is 101 Å². The number of nitrogens with one attached hydrogen (secondary N) is 1. The monoisotopic (exact) mass is 639 g/mol. The van der Waals surface area contributed by atoms with Crippen molar-refractivity contribution < 1.29 is 23.7 Å². The highest BCUT2D eigenvalue weighted by molar-refractivity contribution is 7.19. The van der Waals surface area contributed by atoms with E-state index in [1.807, 2.05) is 18.4 Å². The summed E-state index contributed by atoms with van der Waals surface area (Å²) in [4.78, 5) is 1.35. The van der Waals surface area contributed by atoms with Gasteiger partial charge in [0, 0.05) is 60.7 Å². The van der Waals surface area contributed by atoms with Crippen molar-refractivity contribution in [2.24, 2.45) is 0 Å². The summed E-state index contributed by atoms with van der Waals surface area (Å²) in [6.07, 6.45) is 7.75. The second kappa shape index (κ2) is 19.6. The molecule has 1 aliphatic heterocycles. The van der Waals surface area contributed by atoms with Crippen LogP contribution in [-0.2, 0) is 30.1 Å². The Hall–Kier alpha value is -2.00. The SMILES string of the molecule is CCCCOC[C@H]1O[C@@H](c2cc(Cc3cc4ccccc4s3)ccc2NC)[C@H](OCCCC)[C@@H](OCCCC)[C@@H]1OCCCC. The topological polar surface area (TPSA) is 58.2 Å². The Morgan fingerprint density at radius 1 is 0.733 bits per heavy atom. The van der Waals surface area contributed by atoms with Crippen molar-refractivity contribution in [3.63, 3.8) is 0 Å².